The van der Waals surface area contributed by atoms with Crippen molar-refractivity contribution in [2.24, 2.45) is 5.92 Å². The van der Waals surface area contributed by atoms with Crippen molar-refractivity contribution in [2.75, 3.05) is 6.54 Å². The Morgan fingerprint density at radius 1 is 1.35 bits per heavy atom. The fourth-order valence-electron chi connectivity index (χ4n) is 2.83. The van der Waals surface area contributed by atoms with Crippen LogP contribution in [0, 0.1) is 5.92 Å². The predicted molar refractivity (Wildman–Crippen MR) is 74.5 cm³/mol. The van der Waals surface area contributed by atoms with E-state index in [1.54, 1.807) is 0 Å². The van der Waals surface area contributed by atoms with Crippen LogP contribution in [0.3, 0.4) is 0 Å². The minimum atomic E-state index is 0.736. The molecule has 1 N–H and O–H groups in total. The van der Waals surface area contributed by atoms with Crippen molar-refractivity contribution in [3.05, 3.63) is 16.6 Å². The molecule has 1 heterocycles. The monoisotopic (exact) mass is 252 g/mol. The Balaban J connectivity index is 1.93. The number of hydrogen-bond acceptors (Lipinski definition) is 3. The molecule has 0 bridgehead atoms. The lowest BCUT2D eigenvalue weighted by atomic mass is 9.91. The highest BCUT2D eigenvalue weighted by molar-refractivity contribution is 7.09. The van der Waals surface area contributed by atoms with E-state index in [4.69, 9.17) is 0 Å². The van der Waals surface area contributed by atoms with E-state index in [-0.39, 0.29) is 0 Å². The summed E-state index contributed by atoms with van der Waals surface area (Å²) in [6.07, 6.45) is 11.5. The molecule has 0 spiro atoms. The van der Waals surface area contributed by atoms with Crippen LogP contribution in [-0.4, -0.2) is 17.6 Å². The molecular formula is C14H24N2S. The Hall–Kier alpha value is -0.410. The van der Waals surface area contributed by atoms with E-state index in [9.17, 15) is 0 Å². The summed E-state index contributed by atoms with van der Waals surface area (Å²) in [6.45, 7) is 3.42. The molecule has 2 nitrogen and oxygen atoms in total. The average Bonchev–Trinajstić information content (AvgIpc) is 2.74. The minimum absolute atomic E-state index is 0.736. The maximum absolute atomic E-state index is 4.20. The minimum Gasteiger partial charge on any atom is -0.314 e. The van der Waals surface area contributed by atoms with Gasteiger partial charge in [0.1, 0.15) is 0 Å². The summed E-state index contributed by atoms with van der Waals surface area (Å²) in [5.74, 6) is 0.824. The normalized spacial score (nSPS) is 25.7. The van der Waals surface area contributed by atoms with Gasteiger partial charge in [-0.25, -0.2) is 0 Å². The summed E-state index contributed by atoms with van der Waals surface area (Å²) in [7, 11) is 0. The number of thiazole rings is 1. The Kier molecular flexibility index (Phi) is 5.46. The number of rotatable bonds is 5. The van der Waals surface area contributed by atoms with Gasteiger partial charge in [-0.2, -0.15) is 0 Å². The summed E-state index contributed by atoms with van der Waals surface area (Å²) in [5, 5.41) is 3.76. The first kappa shape index (κ1) is 13.0. The second-order valence-electron chi connectivity index (χ2n) is 5.13. The van der Waals surface area contributed by atoms with Crippen LogP contribution < -0.4 is 5.32 Å². The molecule has 1 aliphatic carbocycles. The van der Waals surface area contributed by atoms with Gasteiger partial charge in [0.05, 0.1) is 5.51 Å². The molecule has 1 aliphatic rings. The molecule has 1 aromatic heterocycles. The molecule has 1 aromatic rings. The van der Waals surface area contributed by atoms with Gasteiger partial charge in [-0.3, -0.25) is 4.98 Å². The van der Waals surface area contributed by atoms with Crippen LogP contribution in [-0.2, 0) is 6.42 Å². The molecule has 1 saturated carbocycles. The third-order valence-electron chi connectivity index (χ3n) is 3.76. The van der Waals surface area contributed by atoms with Crippen LogP contribution in [0.1, 0.15) is 50.3 Å². The van der Waals surface area contributed by atoms with E-state index in [0.29, 0.717) is 0 Å². The topological polar surface area (TPSA) is 24.9 Å². The maximum Gasteiger partial charge on any atom is 0.0794 e. The van der Waals surface area contributed by atoms with Crippen LogP contribution in [0.15, 0.2) is 11.7 Å². The number of nitrogens with zero attached hydrogens (tertiary/aromatic N) is 1. The van der Waals surface area contributed by atoms with Crippen molar-refractivity contribution in [1.82, 2.24) is 10.3 Å². The van der Waals surface area contributed by atoms with E-state index in [1.807, 2.05) is 23.0 Å². The zero-order valence-electron chi connectivity index (χ0n) is 10.8. The molecule has 1 fully saturated rings. The summed E-state index contributed by atoms with van der Waals surface area (Å²) >= 11 is 1.81. The molecule has 0 saturated heterocycles. The zero-order valence-corrected chi connectivity index (χ0v) is 11.6. The van der Waals surface area contributed by atoms with Crippen molar-refractivity contribution in [3.8, 4) is 0 Å². The molecular weight excluding hydrogens is 228 g/mol. The Bertz CT molecular complexity index is 297. The highest BCUT2D eigenvalue weighted by Gasteiger charge is 2.23. The van der Waals surface area contributed by atoms with Crippen molar-refractivity contribution in [1.29, 1.82) is 0 Å². The van der Waals surface area contributed by atoms with Gasteiger partial charge in [0.2, 0.25) is 0 Å². The summed E-state index contributed by atoms with van der Waals surface area (Å²) in [6, 6.07) is 0.736. The Morgan fingerprint density at radius 2 is 2.24 bits per heavy atom. The van der Waals surface area contributed by atoms with Gasteiger partial charge < -0.3 is 5.32 Å². The first-order valence-electron chi connectivity index (χ1n) is 7.01. The van der Waals surface area contributed by atoms with Crippen LogP contribution >= 0.6 is 11.3 Å². The van der Waals surface area contributed by atoms with E-state index >= 15 is 0 Å². The van der Waals surface area contributed by atoms with E-state index < -0.39 is 0 Å². The third kappa shape index (κ3) is 4.07. The molecule has 2 rings (SSSR count). The first-order valence-corrected chi connectivity index (χ1v) is 7.89. The van der Waals surface area contributed by atoms with Gasteiger partial charge in [0.25, 0.3) is 0 Å². The SMILES string of the molecule is CCCNC1CCCCCC1Cc1cncs1. The van der Waals surface area contributed by atoms with E-state index in [0.717, 1.165) is 12.0 Å². The Morgan fingerprint density at radius 3 is 3.00 bits per heavy atom. The second-order valence-corrected chi connectivity index (χ2v) is 6.10. The molecule has 2 atom stereocenters. The van der Waals surface area contributed by atoms with Crippen LogP contribution in [0.5, 0.6) is 0 Å². The lowest BCUT2D eigenvalue weighted by Crippen LogP contribution is -2.37. The summed E-state index contributed by atoms with van der Waals surface area (Å²) in [5.41, 5.74) is 1.96. The van der Waals surface area contributed by atoms with E-state index in [1.165, 1.54) is 56.4 Å². The van der Waals surface area contributed by atoms with Crippen LogP contribution in [0.25, 0.3) is 0 Å². The molecule has 3 heteroatoms. The van der Waals surface area contributed by atoms with Crippen molar-refractivity contribution < 1.29 is 0 Å². The fraction of sp³-hybridized carbons (Fsp3) is 0.786. The first-order chi connectivity index (χ1) is 8.40. The quantitative estimate of drug-likeness (QED) is 0.809. The highest BCUT2D eigenvalue weighted by atomic mass is 32.1. The fourth-order valence-corrected chi connectivity index (χ4v) is 3.52. The lowest BCUT2D eigenvalue weighted by Gasteiger charge is -2.25. The number of nitrogens with one attached hydrogen (secondary N) is 1. The summed E-state index contributed by atoms with van der Waals surface area (Å²) in [4.78, 5) is 5.65. The highest BCUT2D eigenvalue weighted by Crippen LogP contribution is 2.27. The van der Waals surface area contributed by atoms with Crippen molar-refractivity contribution in [2.45, 2.75) is 57.9 Å². The largest absolute Gasteiger partial charge is 0.314 e. The molecule has 0 radical (unpaired) electrons. The summed E-state index contributed by atoms with van der Waals surface area (Å²) < 4.78 is 0. The van der Waals surface area contributed by atoms with Gasteiger partial charge in [-0.15, -0.1) is 11.3 Å². The number of hydrogen-bond donors (Lipinski definition) is 1. The molecule has 0 amide bonds. The third-order valence-corrected chi connectivity index (χ3v) is 4.56. The van der Waals surface area contributed by atoms with Gasteiger partial charge in [-0.1, -0.05) is 26.2 Å². The van der Waals surface area contributed by atoms with Crippen molar-refractivity contribution >= 4 is 11.3 Å². The van der Waals surface area contributed by atoms with Crippen LogP contribution in [0.4, 0.5) is 0 Å². The molecule has 96 valence electrons. The van der Waals surface area contributed by atoms with E-state index in [2.05, 4.69) is 17.2 Å². The molecule has 0 aliphatic heterocycles. The zero-order chi connectivity index (χ0) is 11.9. The van der Waals surface area contributed by atoms with Crippen molar-refractivity contribution in [3.63, 3.8) is 0 Å². The smallest absolute Gasteiger partial charge is 0.0794 e. The Labute approximate surface area is 109 Å². The second kappa shape index (κ2) is 7.12. The van der Waals surface area contributed by atoms with Gasteiger partial charge in [0, 0.05) is 17.1 Å². The van der Waals surface area contributed by atoms with Gasteiger partial charge >= 0.3 is 0 Å². The van der Waals surface area contributed by atoms with Gasteiger partial charge in [-0.05, 0) is 38.1 Å². The molecule has 2 unspecified atom stereocenters. The van der Waals surface area contributed by atoms with Crippen LogP contribution in [0.2, 0.25) is 0 Å². The lowest BCUT2D eigenvalue weighted by molar-refractivity contribution is 0.334. The number of aromatic nitrogens is 1. The maximum atomic E-state index is 4.20. The predicted octanol–water partition coefficient (Wildman–Crippen LogP) is 3.63. The van der Waals surface area contributed by atoms with Gasteiger partial charge in [0.15, 0.2) is 0 Å². The molecule has 17 heavy (non-hydrogen) atoms. The average molecular weight is 252 g/mol. The molecule has 0 aromatic carbocycles. The standard InChI is InChI=1S/C14H24N2S/c1-2-8-16-14-7-5-3-4-6-12(14)9-13-10-15-11-17-13/h10-12,14,16H,2-9H2,1H3.